The van der Waals surface area contributed by atoms with Crippen molar-refractivity contribution in [2.24, 2.45) is 7.05 Å². The summed E-state index contributed by atoms with van der Waals surface area (Å²) in [5.41, 5.74) is 2.66. The van der Waals surface area contributed by atoms with Crippen LogP contribution in [0, 0.1) is 6.92 Å². The monoisotopic (exact) mass is 249 g/mol. The molecule has 0 radical (unpaired) electrons. The van der Waals surface area contributed by atoms with Crippen LogP contribution in [0.15, 0.2) is 6.20 Å². The van der Waals surface area contributed by atoms with Crippen LogP contribution in [-0.4, -0.2) is 64.9 Å². The predicted octanol–water partition coefficient (Wildman–Crippen LogP) is -0.182. The van der Waals surface area contributed by atoms with E-state index >= 15 is 0 Å². The van der Waals surface area contributed by atoms with Gasteiger partial charge in [0.1, 0.15) is 0 Å². The first-order chi connectivity index (χ1) is 8.74. The topological polar surface area (TPSA) is 36.3 Å². The zero-order valence-corrected chi connectivity index (χ0v) is 11.4. The lowest BCUT2D eigenvalue weighted by atomic mass is 10.1. The molecule has 0 bridgehead atoms. The number of nitrogens with zero attached hydrogens (tertiary/aromatic N) is 4. The highest BCUT2D eigenvalue weighted by Gasteiger charge is 2.27. The summed E-state index contributed by atoms with van der Waals surface area (Å²) < 4.78 is 1.96. The third-order valence-corrected chi connectivity index (χ3v) is 4.41. The van der Waals surface area contributed by atoms with E-state index < -0.39 is 0 Å². The highest BCUT2D eigenvalue weighted by molar-refractivity contribution is 5.15. The van der Waals surface area contributed by atoms with E-state index in [0.29, 0.717) is 0 Å². The highest BCUT2D eigenvalue weighted by Crippen LogP contribution is 2.14. The largest absolute Gasteiger partial charge is 0.314 e. The van der Waals surface area contributed by atoms with Gasteiger partial charge >= 0.3 is 0 Å². The number of piperazine rings is 1. The summed E-state index contributed by atoms with van der Waals surface area (Å²) in [6.45, 7) is 10.4. The molecule has 18 heavy (non-hydrogen) atoms. The molecule has 2 fully saturated rings. The van der Waals surface area contributed by atoms with E-state index in [2.05, 4.69) is 27.1 Å². The first-order valence-corrected chi connectivity index (χ1v) is 6.88. The number of hydrogen-bond donors (Lipinski definition) is 1. The molecule has 1 N–H and O–H groups in total. The Morgan fingerprint density at radius 2 is 2.00 bits per heavy atom. The third kappa shape index (κ3) is 2.30. The summed E-state index contributed by atoms with van der Waals surface area (Å²) in [6, 6.07) is 0.798. The fraction of sp³-hybridized carbons (Fsp3) is 0.769. The minimum absolute atomic E-state index is 0.798. The van der Waals surface area contributed by atoms with Gasteiger partial charge in [-0.25, -0.2) is 0 Å². The third-order valence-electron chi connectivity index (χ3n) is 4.41. The fourth-order valence-corrected chi connectivity index (χ4v) is 2.76. The average molecular weight is 249 g/mol. The molecule has 0 amide bonds. The predicted molar refractivity (Wildman–Crippen MR) is 71.5 cm³/mol. The van der Waals surface area contributed by atoms with Crippen LogP contribution < -0.4 is 5.32 Å². The van der Waals surface area contributed by atoms with Crippen LogP contribution in [-0.2, 0) is 13.6 Å². The molecule has 1 aromatic heterocycles. The SMILES string of the molecule is Cc1c(CN2CCN(C3CNC3)CC2)cnn1C. The lowest BCUT2D eigenvalue weighted by molar-refractivity contribution is 0.0695. The summed E-state index contributed by atoms with van der Waals surface area (Å²) >= 11 is 0. The summed E-state index contributed by atoms with van der Waals surface area (Å²) in [5, 5.41) is 7.67. The van der Waals surface area contributed by atoms with Gasteiger partial charge in [-0.2, -0.15) is 5.10 Å². The van der Waals surface area contributed by atoms with Gasteiger partial charge in [0.25, 0.3) is 0 Å². The fourth-order valence-electron chi connectivity index (χ4n) is 2.76. The zero-order valence-electron chi connectivity index (χ0n) is 11.4. The van der Waals surface area contributed by atoms with Crippen LogP contribution in [0.4, 0.5) is 0 Å². The van der Waals surface area contributed by atoms with Gasteiger partial charge in [-0.3, -0.25) is 14.5 Å². The van der Waals surface area contributed by atoms with Crippen molar-refractivity contribution in [1.82, 2.24) is 24.9 Å². The quantitative estimate of drug-likeness (QED) is 0.806. The van der Waals surface area contributed by atoms with Crippen molar-refractivity contribution in [3.63, 3.8) is 0 Å². The van der Waals surface area contributed by atoms with Crippen molar-refractivity contribution in [2.75, 3.05) is 39.3 Å². The molecule has 3 rings (SSSR count). The van der Waals surface area contributed by atoms with Crippen molar-refractivity contribution in [3.05, 3.63) is 17.5 Å². The van der Waals surface area contributed by atoms with Crippen LogP contribution in [0.5, 0.6) is 0 Å². The minimum Gasteiger partial charge on any atom is -0.314 e. The van der Waals surface area contributed by atoms with E-state index in [4.69, 9.17) is 0 Å². The van der Waals surface area contributed by atoms with Crippen LogP contribution in [0.1, 0.15) is 11.3 Å². The second kappa shape index (κ2) is 4.99. The van der Waals surface area contributed by atoms with E-state index in [1.165, 1.54) is 50.5 Å². The molecular formula is C13H23N5. The number of aromatic nitrogens is 2. The summed E-state index contributed by atoms with van der Waals surface area (Å²) in [5.74, 6) is 0. The van der Waals surface area contributed by atoms with Crippen LogP contribution in [0.2, 0.25) is 0 Å². The van der Waals surface area contributed by atoms with Gasteiger partial charge in [0, 0.05) is 70.2 Å². The van der Waals surface area contributed by atoms with Crippen LogP contribution in [0.25, 0.3) is 0 Å². The Labute approximate surface area is 109 Å². The molecule has 2 saturated heterocycles. The second-order valence-electron chi connectivity index (χ2n) is 5.50. The minimum atomic E-state index is 0.798. The molecule has 1 aromatic rings. The maximum absolute atomic E-state index is 4.32. The molecule has 0 atom stereocenters. The molecular weight excluding hydrogens is 226 g/mol. The van der Waals surface area contributed by atoms with E-state index in [0.717, 1.165) is 12.6 Å². The molecule has 0 unspecified atom stereocenters. The molecule has 5 heteroatoms. The Hall–Kier alpha value is -0.910. The molecule has 3 heterocycles. The summed E-state index contributed by atoms with van der Waals surface area (Å²) in [6.07, 6.45) is 2.01. The lowest BCUT2D eigenvalue weighted by Gasteiger charge is -2.43. The Morgan fingerprint density at radius 3 is 2.50 bits per heavy atom. The first kappa shape index (κ1) is 12.1. The van der Waals surface area contributed by atoms with Gasteiger partial charge in [0.15, 0.2) is 0 Å². The van der Waals surface area contributed by atoms with E-state index in [1.807, 2.05) is 17.9 Å². The second-order valence-corrected chi connectivity index (χ2v) is 5.50. The van der Waals surface area contributed by atoms with Crippen molar-refractivity contribution in [1.29, 1.82) is 0 Å². The van der Waals surface area contributed by atoms with E-state index in [9.17, 15) is 0 Å². The van der Waals surface area contributed by atoms with E-state index in [1.54, 1.807) is 0 Å². The first-order valence-electron chi connectivity index (χ1n) is 6.88. The van der Waals surface area contributed by atoms with Crippen molar-refractivity contribution in [3.8, 4) is 0 Å². The Bertz CT molecular complexity index is 402. The molecule has 2 aliphatic rings. The Morgan fingerprint density at radius 1 is 1.28 bits per heavy atom. The lowest BCUT2D eigenvalue weighted by Crippen LogP contribution is -2.61. The van der Waals surface area contributed by atoms with Gasteiger partial charge in [-0.15, -0.1) is 0 Å². The Balaban J connectivity index is 1.52. The molecule has 5 nitrogen and oxygen atoms in total. The molecule has 0 saturated carbocycles. The van der Waals surface area contributed by atoms with Crippen LogP contribution >= 0.6 is 0 Å². The number of nitrogens with one attached hydrogen (secondary N) is 1. The van der Waals surface area contributed by atoms with Crippen molar-refractivity contribution >= 4 is 0 Å². The van der Waals surface area contributed by atoms with Gasteiger partial charge in [0.05, 0.1) is 6.20 Å². The number of hydrogen-bond acceptors (Lipinski definition) is 4. The van der Waals surface area contributed by atoms with Crippen LogP contribution in [0.3, 0.4) is 0 Å². The normalized spacial score (nSPS) is 23.2. The van der Waals surface area contributed by atoms with Gasteiger partial charge in [0.2, 0.25) is 0 Å². The molecule has 0 aromatic carbocycles. The Kier molecular flexibility index (Phi) is 3.37. The maximum Gasteiger partial charge on any atom is 0.0537 e. The van der Waals surface area contributed by atoms with Gasteiger partial charge < -0.3 is 5.32 Å². The smallest absolute Gasteiger partial charge is 0.0537 e. The summed E-state index contributed by atoms with van der Waals surface area (Å²) in [7, 11) is 2.01. The number of rotatable bonds is 3. The average Bonchev–Trinajstić information content (AvgIpc) is 2.61. The van der Waals surface area contributed by atoms with Gasteiger partial charge in [-0.1, -0.05) is 0 Å². The molecule has 2 aliphatic heterocycles. The molecule has 0 spiro atoms. The van der Waals surface area contributed by atoms with Crippen molar-refractivity contribution in [2.45, 2.75) is 19.5 Å². The van der Waals surface area contributed by atoms with E-state index in [-0.39, 0.29) is 0 Å². The van der Waals surface area contributed by atoms with Crippen molar-refractivity contribution < 1.29 is 0 Å². The summed E-state index contributed by atoms with van der Waals surface area (Å²) in [4.78, 5) is 5.18. The molecule has 100 valence electrons. The zero-order chi connectivity index (χ0) is 12.5. The van der Waals surface area contributed by atoms with Gasteiger partial charge in [-0.05, 0) is 6.92 Å². The molecule has 0 aliphatic carbocycles. The maximum atomic E-state index is 4.32. The standard InChI is InChI=1S/C13H23N5/c1-11-12(7-15-16(11)2)10-17-3-5-18(6-4-17)13-8-14-9-13/h7,13-14H,3-6,8-10H2,1-2H3. The number of aryl methyl sites for hydroxylation is 1. The highest BCUT2D eigenvalue weighted by atomic mass is 15.3.